The highest BCUT2D eigenvalue weighted by Crippen LogP contribution is 2.27. The predicted molar refractivity (Wildman–Crippen MR) is 72.6 cm³/mol. The molecule has 1 unspecified atom stereocenters. The van der Waals surface area contributed by atoms with Crippen LogP contribution in [0.1, 0.15) is 19.4 Å². The molecule has 0 heterocycles. The first kappa shape index (κ1) is 14.5. The van der Waals surface area contributed by atoms with Crippen LogP contribution in [-0.4, -0.2) is 12.3 Å². The summed E-state index contributed by atoms with van der Waals surface area (Å²) in [5.41, 5.74) is 6.38. The number of carbonyl (C=O) groups excluding carboxylic acids is 1. The van der Waals surface area contributed by atoms with Crippen molar-refractivity contribution in [2.75, 3.05) is 6.54 Å². The molecular formula is C13H17Cl2NO. The number of nitrogens with two attached hydrogens (primary N) is 1. The molecule has 0 aliphatic rings. The fourth-order valence-electron chi connectivity index (χ4n) is 1.78. The van der Waals surface area contributed by atoms with Gasteiger partial charge in [0.05, 0.1) is 10.0 Å². The van der Waals surface area contributed by atoms with Gasteiger partial charge in [0.1, 0.15) is 5.78 Å². The lowest BCUT2D eigenvalue weighted by Crippen LogP contribution is -2.29. The van der Waals surface area contributed by atoms with E-state index in [1.807, 2.05) is 19.9 Å². The summed E-state index contributed by atoms with van der Waals surface area (Å²) >= 11 is 12.0. The minimum atomic E-state index is -0.120. The molecule has 0 aromatic heterocycles. The van der Waals surface area contributed by atoms with E-state index in [1.54, 1.807) is 12.1 Å². The lowest BCUT2D eigenvalue weighted by molar-refractivity contribution is -0.123. The summed E-state index contributed by atoms with van der Waals surface area (Å²) in [6.07, 6.45) is 0.291. The van der Waals surface area contributed by atoms with Gasteiger partial charge in [-0.05, 0) is 17.5 Å². The maximum Gasteiger partial charge on any atom is 0.141 e. The minimum absolute atomic E-state index is 0.117. The Morgan fingerprint density at radius 2 is 2.00 bits per heavy atom. The van der Waals surface area contributed by atoms with E-state index >= 15 is 0 Å². The highest BCUT2D eigenvalue weighted by atomic mass is 35.5. The molecule has 1 rings (SSSR count). The molecular weight excluding hydrogens is 257 g/mol. The Balaban J connectivity index is 2.84. The van der Waals surface area contributed by atoms with Crippen molar-refractivity contribution in [3.8, 4) is 0 Å². The first-order valence-corrected chi connectivity index (χ1v) is 6.38. The number of benzene rings is 1. The lowest BCUT2D eigenvalue weighted by atomic mass is 9.88. The molecule has 4 heteroatoms. The van der Waals surface area contributed by atoms with Gasteiger partial charge in [-0.1, -0.05) is 49.2 Å². The third-order valence-corrected chi connectivity index (χ3v) is 3.73. The van der Waals surface area contributed by atoms with Gasteiger partial charge >= 0.3 is 0 Å². The second-order valence-corrected chi connectivity index (χ2v) is 5.23. The molecule has 2 N–H and O–H groups in total. The average molecular weight is 274 g/mol. The summed E-state index contributed by atoms with van der Waals surface area (Å²) in [6.45, 7) is 4.36. The molecule has 1 aromatic carbocycles. The standard InChI is InChI=1S/C13H17Cl2NO/c1-8(2)10(7-16)12(17)6-9-4-3-5-11(14)13(9)15/h3-5,8,10H,6-7,16H2,1-2H3. The molecule has 1 aromatic rings. The topological polar surface area (TPSA) is 43.1 Å². The molecule has 0 spiro atoms. The molecule has 2 nitrogen and oxygen atoms in total. The zero-order chi connectivity index (χ0) is 13.0. The Bertz CT molecular complexity index is 404. The van der Waals surface area contributed by atoms with Gasteiger partial charge in [-0.3, -0.25) is 4.79 Å². The third-order valence-electron chi connectivity index (χ3n) is 2.87. The van der Waals surface area contributed by atoms with E-state index in [1.165, 1.54) is 0 Å². The second-order valence-electron chi connectivity index (χ2n) is 4.44. The van der Waals surface area contributed by atoms with Crippen molar-refractivity contribution in [1.29, 1.82) is 0 Å². The van der Waals surface area contributed by atoms with Crippen LogP contribution in [0.4, 0.5) is 0 Å². The molecule has 17 heavy (non-hydrogen) atoms. The van der Waals surface area contributed by atoms with E-state index in [2.05, 4.69) is 0 Å². The minimum Gasteiger partial charge on any atom is -0.330 e. The largest absolute Gasteiger partial charge is 0.330 e. The van der Waals surface area contributed by atoms with Gasteiger partial charge in [-0.15, -0.1) is 0 Å². The molecule has 0 aliphatic carbocycles. The Hall–Kier alpha value is -0.570. The van der Waals surface area contributed by atoms with Crippen LogP contribution < -0.4 is 5.73 Å². The smallest absolute Gasteiger partial charge is 0.141 e. The Morgan fingerprint density at radius 1 is 1.35 bits per heavy atom. The van der Waals surface area contributed by atoms with Crippen LogP contribution >= 0.6 is 23.2 Å². The van der Waals surface area contributed by atoms with Gasteiger partial charge in [0, 0.05) is 18.9 Å². The summed E-state index contributed by atoms with van der Waals surface area (Å²) in [5.74, 6) is 0.238. The number of hydrogen-bond donors (Lipinski definition) is 1. The number of carbonyl (C=O) groups is 1. The highest BCUT2D eigenvalue weighted by molar-refractivity contribution is 6.42. The molecule has 0 saturated heterocycles. The third kappa shape index (κ3) is 3.70. The average Bonchev–Trinajstić information content (AvgIpc) is 2.25. The first-order chi connectivity index (χ1) is 7.97. The van der Waals surface area contributed by atoms with Crippen molar-refractivity contribution in [3.63, 3.8) is 0 Å². The van der Waals surface area contributed by atoms with Crippen LogP contribution in [0.5, 0.6) is 0 Å². The SMILES string of the molecule is CC(C)C(CN)C(=O)Cc1cccc(Cl)c1Cl. The summed E-state index contributed by atoms with van der Waals surface area (Å²) in [4.78, 5) is 12.1. The first-order valence-electron chi connectivity index (χ1n) is 5.63. The molecule has 0 bridgehead atoms. The van der Waals surface area contributed by atoms with Crippen LogP contribution in [0, 0.1) is 11.8 Å². The zero-order valence-corrected chi connectivity index (χ0v) is 11.6. The van der Waals surface area contributed by atoms with E-state index in [9.17, 15) is 4.79 Å². The summed E-state index contributed by atoms with van der Waals surface area (Å²) in [6, 6.07) is 5.32. The molecule has 1 atom stereocenters. The van der Waals surface area contributed by atoms with Crippen molar-refractivity contribution >= 4 is 29.0 Å². The van der Waals surface area contributed by atoms with Gasteiger partial charge < -0.3 is 5.73 Å². The number of rotatable bonds is 5. The van der Waals surface area contributed by atoms with E-state index in [0.29, 0.717) is 23.0 Å². The summed E-state index contributed by atoms with van der Waals surface area (Å²) in [5, 5.41) is 0.938. The fourth-order valence-corrected chi connectivity index (χ4v) is 2.17. The van der Waals surface area contributed by atoms with Crippen molar-refractivity contribution in [1.82, 2.24) is 0 Å². The Labute approximate surface area is 112 Å². The van der Waals surface area contributed by atoms with Crippen LogP contribution in [-0.2, 0) is 11.2 Å². The van der Waals surface area contributed by atoms with E-state index in [-0.39, 0.29) is 17.6 Å². The van der Waals surface area contributed by atoms with Crippen LogP contribution in [0.2, 0.25) is 10.0 Å². The Morgan fingerprint density at radius 3 is 2.53 bits per heavy atom. The van der Waals surface area contributed by atoms with Gasteiger partial charge in [-0.25, -0.2) is 0 Å². The van der Waals surface area contributed by atoms with E-state index < -0.39 is 0 Å². The zero-order valence-electron chi connectivity index (χ0n) is 10.0. The van der Waals surface area contributed by atoms with Gasteiger partial charge in [-0.2, -0.15) is 0 Å². The summed E-state index contributed by atoms with van der Waals surface area (Å²) < 4.78 is 0. The summed E-state index contributed by atoms with van der Waals surface area (Å²) in [7, 11) is 0. The van der Waals surface area contributed by atoms with E-state index in [4.69, 9.17) is 28.9 Å². The van der Waals surface area contributed by atoms with E-state index in [0.717, 1.165) is 5.56 Å². The van der Waals surface area contributed by atoms with Crippen molar-refractivity contribution < 1.29 is 4.79 Å². The van der Waals surface area contributed by atoms with Crippen LogP contribution in [0.25, 0.3) is 0 Å². The van der Waals surface area contributed by atoms with Gasteiger partial charge in [0.15, 0.2) is 0 Å². The molecule has 0 radical (unpaired) electrons. The normalized spacial score (nSPS) is 12.8. The maximum absolute atomic E-state index is 12.1. The van der Waals surface area contributed by atoms with Gasteiger partial charge in [0.2, 0.25) is 0 Å². The molecule has 0 amide bonds. The lowest BCUT2D eigenvalue weighted by Gasteiger charge is -2.17. The highest BCUT2D eigenvalue weighted by Gasteiger charge is 2.21. The van der Waals surface area contributed by atoms with Crippen molar-refractivity contribution in [2.24, 2.45) is 17.6 Å². The fraction of sp³-hybridized carbons (Fsp3) is 0.462. The quantitative estimate of drug-likeness (QED) is 0.894. The number of hydrogen-bond acceptors (Lipinski definition) is 2. The van der Waals surface area contributed by atoms with Crippen molar-refractivity contribution in [3.05, 3.63) is 33.8 Å². The van der Waals surface area contributed by atoms with Gasteiger partial charge in [0.25, 0.3) is 0 Å². The van der Waals surface area contributed by atoms with Crippen molar-refractivity contribution in [2.45, 2.75) is 20.3 Å². The molecule has 0 aliphatic heterocycles. The molecule has 0 fully saturated rings. The monoisotopic (exact) mass is 273 g/mol. The maximum atomic E-state index is 12.1. The van der Waals surface area contributed by atoms with Crippen LogP contribution in [0.3, 0.4) is 0 Å². The van der Waals surface area contributed by atoms with Crippen LogP contribution in [0.15, 0.2) is 18.2 Å². The Kier molecular flexibility index (Phi) is 5.44. The molecule has 0 saturated carbocycles. The number of ketones is 1. The number of Topliss-reactive ketones (excluding diaryl/α,β-unsaturated/α-hetero) is 1. The predicted octanol–water partition coefficient (Wildman–Crippen LogP) is 3.34. The number of halogens is 2. The second kappa shape index (κ2) is 6.39. The molecule has 94 valence electrons.